The Bertz CT molecular complexity index is 613. The van der Waals surface area contributed by atoms with E-state index in [0.29, 0.717) is 12.4 Å². The molecule has 3 nitrogen and oxygen atoms in total. The summed E-state index contributed by atoms with van der Waals surface area (Å²) in [5.41, 5.74) is 1.24. The van der Waals surface area contributed by atoms with E-state index in [-0.39, 0.29) is 5.56 Å². The maximum Gasteiger partial charge on any atom is 0.335 e. The Labute approximate surface area is 132 Å². The molecule has 0 radical (unpaired) electrons. The summed E-state index contributed by atoms with van der Waals surface area (Å²) in [5.74, 6) is -0.376. The number of carboxylic acids is 1. The second-order valence-corrected chi connectivity index (χ2v) is 5.85. The van der Waals surface area contributed by atoms with Crippen molar-refractivity contribution in [2.24, 2.45) is 0 Å². The lowest BCUT2D eigenvalue weighted by Crippen LogP contribution is -2.01. The quantitative estimate of drug-likeness (QED) is 0.731. The SMILES string of the molecule is O=C(O)c1ccc(I)c(OCc2ccccc2Br)c1. The van der Waals surface area contributed by atoms with E-state index in [2.05, 4.69) is 38.5 Å². The molecule has 0 atom stereocenters. The second kappa shape index (κ2) is 6.38. The minimum Gasteiger partial charge on any atom is -0.488 e. The summed E-state index contributed by atoms with van der Waals surface area (Å²) in [4.78, 5) is 10.9. The van der Waals surface area contributed by atoms with Gasteiger partial charge in [-0.15, -0.1) is 0 Å². The van der Waals surface area contributed by atoms with Crippen molar-refractivity contribution >= 4 is 44.5 Å². The molecule has 98 valence electrons. The van der Waals surface area contributed by atoms with Crippen molar-refractivity contribution in [2.75, 3.05) is 0 Å². The van der Waals surface area contributed by atoms with Crippen LogP contribution in [0.5, 0.6) is 5.75 Å². The number of carbonyl (C=O) groups is 1. The first-order valence-corrected chi connectivity index (χ1v) is 7.34. The van der Waals surface area contributed by atoms with Gasteiger partial charge in [-0.3, -0.25) is 0 Å². The van der Waals surface area contributed by atoms with Crippen LogP contribution in [-0.4, -0.2) is 11.1 Å². The molecule has 0 aliphatic carbocycles. The minimum atomic E-state index is -0.956. The third-order valence-electron chi connectivity index (χ3n) is 2.52. The molecular weight excluding hydrogens is 423 g/mol. The molecule has 0 amide bonds. The van der Waals surface area contributed by atoms with Crippen molar-refractivity contribution in [2.45, 2.75) is 6.61 Å². The van der Waals surface area contributed by atoms with Gasteiger partial charge in [0.05, 0.1) is 9.13 Å². The molecule has 1 N–H and O–H groups in total. The standard InChI is InChI=1S/C14H10BrIO3/c15-11-4-2-1-3-10(11)8-19-13-7-9(14(17)18)5-6-12(13)16/h1-7H,8H2,(H,17,18). The topological polar surface area (TPSA) is 46.5 Å². The van der Waals surface area contributed by atoms with Gasteiger partial charge in [0, 0.05) is 10.0 Å². The van der Waals surface area contributed by atoms with Gasteiger partial charge in [0.2, 0.25) is 0 Å². The average molecular weight is 433 g/mol. The van der Waals surface area contributed by atoms with Crippen LogP contribution >= 0.6 is 38.5 Å². The van der Waals surface area contributed by atoms with Gasteiger partial charge in [0.25, 0.3) is 0 Å². The van der Waals surface area contributed by atoms with Crippen LogP contribution in [0.4, 0.5) is 0 Å². The summed E-state index contributed by atoms with van der Waals surface area (Å²) in [7, 11) is 0. The Kier molecular flexibility index (Phi) is 4.81. The van der Waals surface area contributed by atoms with E-state index in [1.54, 1.807) is 18.2 Å². The van der Waals surface area contributed by atoms with Gasteiger partial charge < -0.3 is 9.84 Å². The monoisotopic (exact) mass is 432 g/mol. The summed E-state index contributed by atoms with van der Waals surface area (Å²) in [5, 5.41) is 8.96. The van der Waals surface area contributed by atoms with E-state index in [0.717, 1.165) is 13.6 Å². The smallest absolute Gasteiger partial charge is 0.335 e. The Balaban J connectivity index is 2.17. The van der Waals surface area contributed by atoms with Crippen LogP contribution in [0.15, 0.2) is 46.9 Å². The van der Waals surface area contributed by atoms with Gasteiger partial charge in [0.15, 0.2) is 0 Å². The van der Waals surface area contributed by atoms with E-state index in [1.807, 2.05) is 24.3 Å². The number of rotatable bonds is 4. The molecule has 0 bridgehead atoms. The molecule has 19 heavy (non-hydrogen) atoms. The van der Waals surface area contributed by atoms with Crippen LogP contribution < -0.4 is 4.74 Å². The molecule has 2 aromatic carbocycles. The normalized spacial score (nSPS) is 10.2. The van der Waals surface area contributed by atoms with Crippen LogP contribution in [-0.2, 0) is 6.61 Å². The van der Waals surface area contributed by atoms with Gasteiger partial charge in [0.1, 0.15) is 12.4 Å². The molecule has 0 saturated heterocycles. The first-order valence-electron chi connectivity index (χ1n) is 5.47. The van der Waals surface area contributed by atoms with E-state index in [1.165, 1.54) is 0 Å². The van der Waals surface area contributed by atoms with Crippen LogP contribution in [0.1, 0.15) is 15.9 Å². The van der Waals surface area contributed by atoms with E-state index in [4.69, 9.17) is 9.84 Å². The summed E-state index contributed by atoms with van der Waals surface area (Å²) < 4.78 is 7.55. The van der Waals surface area contributed by atoms with Crippen molar-refractivity contribution in [3.8, 4) is 5.75 Å². The number of hydrogen-bond acceptors (Lipinski definition) is 2. The number of benzene rings is 2. The number of halogens is 2. The van der Waals surface area contributed by atoms with Gasteiger partial charge in [-0.25, -0.2) is 4.79 Å². The van der Waals surface area contributed by atoms with Crippen LogP contribution in [0.3, 0.4) is 0 Å². The summed E-state index contributed by atoms with van der Waals surface area (Å²) in [6.45, 7) is 0.389. The van der Waals surface area contributed by atoms with Gasteiger partial charge >= 0.3 is 5.97 Å². The average Bonchev–Trinajstić information content (AvgIpc) is 2.39. The highest BCUT2D eigenvalue weighted by Gasteiger charge is 2.08. The molecule has 0 aliphatic rings. The molecule has 0 fully saturated rings. The molecule has 5 heteroatoms. The number of aromatic carboxylic acids is 1. The van der Waals surface area contributed by atoms with Crippen molar-refractivity contribution in [1.82, 2.24) is 0 Å². The third-order valence-corrected chi connectivity index (χ3v) is 4.18. The predicted molar refractivity (Wildman–Crippen MR) is 84.6 cm³/mol. The van der Waals surface area contributed by atoms with E-state index < -0.39 is 5.97 Å². The second-order valence-electron chi connectivity index (χ2n) is 3.83. The zero-order valence-corrected chi connectivity index (χ0v) is 13.5. The van der Waals surface area contributed by atoms with Gasteiger partial charge in [-0.2, -0.15) is 0 Å². The first kappa shape index (κ1) is 14.3. The largest absolute Gasteiger partial charge is 0.488 e. The molecule has 0 saturated carbocycles. The van der Waals surface area contributed by atoms with Crippen molar-refractivity contribution in [3.05, 3.63) is 61.6 Å². The molecule has 0 aliphatic heterocycles. The molecular formula is C14H10BrIO3. The van der Waals surface area contributed by atoms with Crippen LogP contribution in [0, 0.1) is 3.57 Å². The predicted octanol–water partition coefficient (Wildman–Crippen LogP) is 4.33. The van der Waals surface area contributed by atoms with Crippen LogP contribution in [0.2, 0.25) is 0 Å². The summed E-state index contributed by atoms with van der Waals surface area (Å²) in [6.07, 6.45) is 0. The van der Waals surface area contributed by atoms with Gasteiger partial charge in [-0.1, -0.05) is 34.1 Å². The fraction of sp³-hybridized carbons (Fsp3) is 0.0714. The van der Waals surface area contributed by atoms with Crippen molar-refractivity contribution in [1.29, 1.82) is 0 Å². The zero-order valence-electron chi connectivity index (χ0n) is 9.77. The molecule has 0 unspecified atom stereocenters. The highest BCUT2D eigenvalue weighted by molar-refractivity contribution is 14.1. The first-order chi connectivity index (χ1) is 9.08. The Morgan fingerprint density at radius 3 is 2.68 bits per heavy atom. The third kappa shape index (κ3) is 3.70. The lowest BCUT2D eigenvalue weighted by atomic mass is 10.2. The number of carboxylic acid groups (broad SMARTS) is 1. The fourth-order valence-corrected chi connectivity index (χ4v) is 2.41. The summed E-state index contributed by atoms with van der Waals surface area (Å²) >= 11 is 5.57. The van der Waals surface area contributed by atoms with Crippen LogP contribution in [0.25, 0.3) is 0 Å². The summed E-state index contributed by atoms with van der Waals surface area (Å²) in [6, 6.07) is 12.6. The Morgan fingerprint density at radius 1 is 1.26 bits per heavy atom. The Hall–Kier alpha value is -1.08. The maximum atomic E-state index is 10.9. The lowest BCUT2D eigenvalue weighted by molar-refractivity contribution is 0.0696. The highest BCUT2D eigenvalue weighted by Crippen LogP contribution is 2.25. The highest BCUT2D eigenvalue weighted by atomic mass is 127. The Morgan fingerprint density at radius 2 is 2.00 bits per heavy atom. The number of hydrogen-bond donors (Lipinski definition) is 1. The molecule has 0 spiro atoms. The minimum absolute atomic E-state index is 0.225. The van der Waals surface area contributed by atoms with Crippen molar-refractivity contribution < 1.29 is 14.6 Å². The molecule has 2 rings (SSSR count). The zero-order chi connectivity index (χ0) is 13.8. The maximum absolute atomic E-state index is 10.9. The van der Waals surface area contributed by atoms with Gasteiger partial charge in [-0.05, 0) is 46.9 Å². The van der Waals surface area contributed by atoms with E-state index in [9.17, 15) is 4.79 Å². The lowest BCUT2D eigenvalue weighted by Gasteiger charge is -2.10. The molecule has 0 heterocycles. The fourth-order valence-electron chi connectivity index (χ4n) is 1.52. The van der Waals surface area contributed by atoms with Crippen molar-refractivity contribution in [3.63, 3.8) is 0 Å². The van der Waals surface area contributed by atoms with E-state index >= 15 is 0 Å². The molecule has 0 aromatic heterocycles. The molecule has 2 aromatic rings. The number of ether oxygens (including phenoxy) is 1.